The highest BCUT2D eigenvalue weighted by molar-refractivity contribution is 5.94. The normalized spacial score (nSPS) is 11.0. The molecule has 25 heavy (non-hydrogen) atoms. The molecule has 0 unspecified atom stereocenters. The van der Waals surface area contributed by atoms with Crippen LogP contribution in [0.5, 0.6) is 0 Å². The number of aromatic nitrogens is 2. The molecule has 6 nitrogen and oxygen atoms in total. The third kappa shape index (κ3) is 4.47. The van der Waals surface area contributed by atoms with E-state index in [2.05, 4.69) is 24.3 Å². The molecule has 0 spiro atoms. The summed E-state index contributed by atoms with van der Waals surface area (Å²) in [5.41, 5.74) is 4.26. The molecule has 1 amide bonds. The average molecular weight is 343 g/mol. The van der Waals surface area contributed by atoms with Crippen LogP contribution in [0.15, 0.2) is 18.2 Å². The number of aryl methyl sites for hydroxylation is 2. The number of nitrogens with zero attached hydrogens (tertiary/aromatic N) is 2. The van der Waals surface area contributed by atoms with Gasteiger partial charge in [0, 0.05) is 23.5 Å². The smallest absolute Gasteiger partial charge is 0.335 e. The van der Waals surface area contributed by atoms with Crippen LogP contribution < -0.4 is 5.32 Å². The highest BCUT2D eigenvalue weighted by Gasteiger charge is 2.16. The van der Waals surface area contributed by atoms with Crippen LogP contribution in [0.3, 0.4) is 0 Å². The first-order valence-electron chi connectivity index (χ1n) is 8.35. The first kappa shape index (κ1) is 18.7. The minimum atomic E-state index is -0.973. The number of carbonyl (C=O) groups excluding carboxylic acids is 1. The molecule has 0 aliphatic heterocycles. The Bertz CT molecular complexity index is 806. The molecule has 0 bridgehead atoms. The minimum absolute atomic E-state index is 0.141. The highest BCUT2D eigenvalue weighted by Crippen LogP contribution is 2.18. The van der Waals surface area contributed by atoms with Crippen LogP contribution in [-0.4, -0.2) is 26.8 Å². The van der Waals surface area contributed by atoms with E-state index < -0.39 is 5.97 Å². The van der Waals surface area contributed by atoms with E-state index in [9.17, 15) is 9.59 Å². The lowest BCUT2D eigenvalue weighted by Gasteiger charge is -2.09. The first-order valence-corrected chi connectivity index (χ1v) is 8.35. The van der Waals surface area contributed by atoms with E-state index in [0.29, 0.717) is 17.2 Å². The van der Waals surface area contributed by atoms with Crippen LogP contribution in [0, 0.1) is 26.7 Å². The summed E-state index contributed by atoms with van der Waals surface area (Å²) >= 11 is 0. The topological polar surface area (TPSA) is 84.2 Å². The van der Waals surface area contributed by atoms with Crippen molar-refractivity contribution in [3.05, 3.63) is 46.3 Å². The monoisotopic (exact) mass is 343 g/mol. The van der Waals surface area contributed by atoms with E-state index in [1.54, 1.807) is 19.1 Å². The highest BCUT2D eigenvalue weighted by atomic mass is 16.4. The van der Waals surface area contributed by atoms with E-state index in [1.807, 2.05) is 18.5 Å². The molecule has 1 aromatic carbocycles. The number of benzene rings is 1. The molecule has 2 N–H and O–H groups in total. The number of amides is 1. The predicted octanol–water partition coefficient (Wildman–Crippen LogP) is 3.34. The quantitative estimate of drug-likeness (QED) is 0.842. The van der Waals surface area contributed by atoms with Gasteiger partial charge in [-0.3, -0.25) is 9.48 Å². The van der Waals surface area contributed by atoms with E-state index in [0.717, 1.165) is 23.5 Å². The third-order valence-corrected chi connectivity index (χ3v) is 4.15. The van der Waals surface area contributed by atoms with Crippen molar-refractivity contribution in [2.24, 2.45) is 5.92 Å². The molecule has 0 saturated heterocycles. The molecule has 2 rings (SSSR count). The Kier molecular flexibility index (Phi) is 5.62. The van der Waals surface area contributed by atoms with Gasteiger partial charge in [0.2, 0.25) is 5.91 Å². The van der Waals surface area contributed by atoms with Gasteiger partial charge in [-0.1, -0.05) is 13.8 Å². The van der Waals surface area contributed by atoms with Crippen molar-refractivity contribution in [3.63, 3.8) is 0 Å². The molecular formula is C19H25N3O3. The van der Waals surface area contributed by atoms with Crippen LogP contribution in [0.25, 0.3) is 0 Å². The van der Waals surface area contributed by atoms with Gasteiger partial charge in [-0.25, -0.2) is 4.79 Å². The summed E-state index contributed by atoms with van der Waals surface area (Å²) in [6.07, 6.45) is 0.246. The van der Waals surface area contributed by atoms with Crippen molar-refractivity contribution < 1.29 is 14.7 Å². The van der Waals surface area contributed by atoms with Crippen LogP contribution >= 0.6 is 0 Å². The van der Waals surface area contributed by atoms with E-state index in [4.69, 9.17) is 5.11 Å². The SMILES string of the molecule is Cc1cc(NC(=O)Cc2c(C)nn(CC(C)C)c2C)ccc1C(=O)O. The summed E-state index contributed by atoms with van der Waals surface area (Å²) in [6.45, 7) is 10.7. The lowest BCUT2D eigenvalue weighted by atomic mass is 10.1. The molecule has 0 aliphatic carbocycles. The molecule has 0 saturated carbocycles. The zero-order valence-corrected chi connectivity index (χ0v) is 15.4. The van der Waals surface area contributed by atoms with Gasteiger partial charge in [0.25, 0.3) is 0 Å². The first-order chi connectivity index (χ1) is 11.7. The second-order valence-corrected chi connectivity index (χ2v) is 6.79. The van der Waals surface area contributed by atoms with E-state index in [1.165, 1.54) is 6.07 Å². The Labute approximate surface area is 147 Å². The van der Waals surface area contributed by atoms with Gasteiger partial charge < -0.3 is 10.4 Å². The minimum Gasteiger partial charge on any atom is -0.478 e. The Hall–Kier alpha value is -2.63. The number of carbonyl (C=O) groups is 2. The second-order valence-electron chi connectivity index (χ2n) is 6.79. The number of aromatic carboxylic acids is 1. The van der Waals surface area contributed by atoms with Gasteiger partial charge >= 0.3 is 5.97 Å². The standard InChI is InChI=1S/C19H25N3O3/c1-11(2)10-22-14(5)17(13(4)21-22)9-18(23)20-15-6-7-16(19(24)25)12(3)8-15/h6-8,11H,9-10H2,1-5H3,(H,20,23)(H,24,25). The molecule has 2 aromatic rings. The van der Waals surface area contributed by atoms with Gasteiger partial charge in [0.1, 0.15) is 0 Å². The average Bonchev–Trinajstić information content (AvgIpc) is 2.74. The fraction of sp³-hybridized carbons (Fsp3) is 0.421. The largest absolute Gasteiger partial charge is 0.478 e. The van der Waals surface area contributed by atoms with Gasteiger partial charge in [-0.15, -0.1) is 0 Å². The Morgan fingerprint density at radius 1 is 1.24 bits per heavy atom. The number of hydrogen-bond acceptors (Lipinski definition) is 3. The van der Waals surface area contributed by atoms with Crippen LogP contribution in [0.4, 0.5) is 5.69 Å². The summed E-state index contributed by atoms with van der Waals surface area (Å²) in [7, 11) is 0. The number of nitrogens with one attached hydrogen (secondary N) is 1. The molecule has 1 heterocycles. The maximum atomic E-state index is 12.4. The predicted molar refractivity (Wildman–Crippen MR) is 97.0 cm³/mol. The third-order valence-electron chi connectivity index (χ3n) is 4.15. The number of carboxylic acids is 1. The number of hydrogen-bond donors (Lipinski definition) is 2. The lowest BCUT2D eigenvalue weighted by molar-refractivity contribution is -0.115. The maximum Gasteiger partial charge on any atom is 0.335 e. The summed E-state index contributed by atoms with van der Waals surface area (Å²) in [5.74, 6) is -0.632. The van der Waals surface area contributed by atoms with Crippen molar-refractivity contribution in [2.75, 3.05) is 5.32 Å². The molecule has 0 atom stereocenters. The lowest BCUT2D eigenvalue weighted by Crippen LogP contribution is -2.16. The zero-order valence-electron chi connectivity index (χ0n) is 15.4. The summed E-state index contributed by atoms with van der Waals surface area (Å²) in [5, 5.41) is 16.4. The van der Waals surface area contributed by atoms with Crippen molar-refractivity contribution in [3.8, 4) is 0 Å². The fourth-order valence-corrected chi connectivity index (χ4v) is 2.86. The second kappa shape index (κ2) is 7.51. The Morgan fingerprint density at radius 3 is 2.48 bits per heavy atom. The fourth-order valence-electron chi connectivity index (χ4n) is 2.86. The summed E-state index contributed by atoms with van der Waals surface area (Å²) in [6, 6.07) is 4.78. The van der Waals surface area contributed by atoms with Crippen LogP contribution in [0.1, 0.15) is 46.7 Å². The van der Waals surface area contributed by atoms with Gasteiger partial charge in [0.15, 0.2) is 0 Å². The molecule has 0 aliphatic rings. The molecule has 0 radical (unpaired) electrons. The van der Waals surface area contributed by atoms with Crippen molar-refractivity contribution in [1.29, 1.82) is 0 Å². The molecule has 6 heteroatoms. The Balaban J connectivity index is 2.12. The Morgan fingerprint density at radius 2 is 1.92 bits per heavy atom. The van der Waals surface area contributed by atoms with Crippen LogP contribution in [-0.2, 0) is 17.8 Å². The van der Waals surface area contributed by atoms with Crippen LogP contribution in [0.2, 0.25) is 0 Å². The summed E-state index contributed by atoms with van der Waals surface area (Å²) < 4.78 is 1.95. The van der Waals surface area contributed by atoms with E-state index in [-0.39, 0.29) is 17.9 Å². The molecule has 134 valence electrons. The molecular weight excluding hydrogens is 318 g/mol. The maximum absolute atomic E-state index is 12.4. The van der Waals surface area contributed by atoms with Gasteiger partial charge in [0.05, 0.1) is 17.7 Å². The van der Waals surface area contributed by atoms with E-state index >= 15 is 0 Å². The van der Waals surface area contributed by atoms with Crippen molar-refractivity contribution >= 4 is 17.6 Å². The van der Waals surface area contributed by atoms with Crippen molar-refractivity contribution in [2.45, 2.75) is 47.6 Å². The number of carboxylic acid groups (broad SMARTS) is 1. The number of anilines is 1. The van der Waals surface area contributed by atoms with Gasteiger partial charge in [-0.05, 0) is 50.5 Å². The molecule has 0 fully saturated rings. The molecule has 1 aromatic heterocycles. The number of rotatable bonds is 6. The summed E-state index contributed by atoms with van der Waals surface area (Å²) in [4.78, 5) is 23.4. The van der Waals surface area contributed by atoms with Gasteiger partial charge in [-0.2, -0.15) is 5.10 Å². The zero-order chi connectivity index (χ0) is 18.7. The van der Waals surface area contributed by atoms with Crippen molar-refractivity contribution in [1.82, 2.24) is 9.78 Å².